The predicted octanol–water partition coefficient (Wildman–Crippen LogP) is 3.55. The van der Waals surface area contributed by atoms with Crippen LogP contribution in [0.15, 0.2) is 21.3 Å². The highest BCUT2D eigenvalue weighted by atomic mass is 32.1. The van der Waals surface area contributed by atoms with Crippen molar-refractivity contribution in [3.05, 3.63) is 22.7 Å². The van der Waals surface area contributed by atoms with Crippen LogP contribution >= 0.6 is 11.3 Å². The SMILES string of the molecule is CC(C)(C)C(=O)N1CCCC(c2nc(-c3ccsc3)no2)C1. The number of hydrogen-bond donors (Lipinski definition) is 0. The monoisotopic (exact) mass is 319 g/mol. The number of rotatable bonds is 2. The summed E-state index contributed by atoms with van der Waals surface area (Å²) in [6, 6.07) is 1.98. The minimum atomic E-state index is -0.349. The van der Waals surface area contributed by atoms with E-state index < -0.39 is 0 Å². The maximum atomic E-state index is 12.4. The Morgan fingerprint density at radius 2 is 2.27 bits per heavy atom. The highest BCUT2D eigenvalue weighted by Gasteiger charge is 2.33. The number of aromatic nitrogens is 2. The molecule has 0 radical (unpaired) electrons. The molecule has 2 aromatic rings. The van der Waals surface area contributed by atoms with Gasteiger partial charge in [0.1, 0.15) is 0 Å². The zero-order valence-electron chi connectivity index (χ0n) is 13.2. The Morgan fingerprint density at radius 3 is 2.95 bits per heavy atom. The fourth-order valence-corrected chi connectivity index (χ4v) is 3.38. The summed E-state index contributed by atoms with van der Waals surface area (Å²) in [4.78, 5) is 18.9. The van der Waals surface area contributed by atoms with Crippen molar-refractivity contribution in [2.75, 3.05) is 13.1 Å². The van der Waals surface area contributed by atoms with Crippen LogP contribution in [0.2, 0.25) is 0 Å². The molecule has 2 aromatic heterocycles. The van der Waals surface area contributed by atoms with Crippen LogP contribution in [-0.4, -0.2) is 34.0 Å². The number of amides is 1. The van der Waals surface area contributed by atoms with Crippen molar-refractivity contribution < 1.29 is 9.32 Å². The molecular weight excluding hydrogens is 298 g/mol. The molecule has 0 aromatic carbocycles. The summed E-state index contributed by atoms with van der Waals surface area (Å²) < 4.78 is 5.45. The van der Waals surface area contributed by atoms with Crippen LogP contribution in [0.1, 0.15) is 45.4 Å². The molecule has 118 valence electrons. The lowest BCUT2D eigenvalue weighted by Gasteiger charge is -2.35. The van der Waals surface area contributed by atoms with Crippen molar-refractivity contribution in [3.63, 3.8) is 0 Å². The molecular formula is C16H21N3O2S. The van der Waals surface area contributed by atoms with E-state index in [1.807, 2.05) is 42.5 Å². The van der Waals surface area contributed by atoms with Gasteiger partial charge in [0, 0.05) is 29.4 Å². The van der Waals surface area contributed by atoms with Gasteiger partial charge in [0.25, 0.3) is 0 Å². The first-order chi connectivity index (χ1) is 10.4. The third-order valence-corrected chi connectivity index (χ3v) is 4.60. The summed E-state index contributed by atoms with van der Waals surface area (Å²) >= 11 is 1.61. The number of piperidine rings is 1. The molecule has 1 aliphatic heterocycles. The van der Waals surface area contributed by atoms with Gasteiger partial charge in [0.15, 0.2) is 0 Å². The zero-order chi connectivity index (χ0) is 15.7. The first kappa shape index (κ1) is 15.2. The molecule has 1 atom stereocenters. The van der Waals surface area contributed by atoms with E-state index in [-0.39, 0.29) is 17.2 Å². The molecule has 3 rings (SSSR count). The van der Waals surface area contributed by atoms with Gasteiger partial charge in [0.05, 0.1) is 5.92 Å². The van der Waals surface area contributed by atoms with Crippen molar-refractivity contribution in [2.45, 2.75) is 39.5 Å². The van der Waals surface area contributed by atoms with Crippen molar-refractivity contribution in [2.24, 2.45) is 5.41 Å². The van der Waals surface area contributed by atoms with Crippen molar-refractivity contribution in [1.29, 1.82) is 0 Å². The summed E-state index contributed by atoms with van der Waals surface area (Å²) in [7, 11) is 0. The zero-order valence-corrected chi connectivity index (χ0v) is 14.0. The van der Waals surface area contributed by atoms with E-state index >= 15 is 0 Å². The van der Waals surface area contributed by atoms with Crippen molar-refractivity contribution in [3.8, 4) is 11.4 Å². The average Bonchev–Trinajstić information content (AvgIpc) is 3.16. The van der Waals surface area contributed by atoms with E-state index in [1.54, 1.807) is 11.3 Å². The number of hydrogen-bond acceptors (Lipinski definition) is 5. The normalized spacial score (nSPS) is 19.4. The summed E-state index contributed by atoms with van der Waals surface area (Å²) in [5, 5.41) is 8.07. The second kappa shape index (κ2) is 5.83. The molecule has 3 heterocycles. The molecule has 0 saturated carbocycles. The van der Waals surface area contributed by atoms with Gasteiger partial charge < -0.3 is 9.42 Å². The van der Waals surface area contributed by atoms with Gasteiger partial charge in [-0.1, -0.05) is 25.9 Å². The lowest BCUT2D eigenvalue weighted by atomic mass is 9.91. The van der Waals surface area contributed by atoms with Crippen LogP contribution in [-0.2, 0) is 4.79 Å². The predicted molar refractivity (Wildman–Crippen MR) is 85.6 cm³/mol. The molecule has 0 bridgehead atoms. The summed E-state index contributed by atoms with van der Waals surface area (Å²) in [5.74, 6) is 1.61. The number of carbonyl (C=O) groups is 1. The van der Waals surface area contributed by atoms with Gasteiger partial charge in [-0.15, -0.1) is 0 Å². The molecule has 1 aliphatic rings. The van der Waals surface area contributed by atoms with Gasteiger partial charge in [-0.2, -0.15) is 16.3 Å². The Bertz CT molecular complexity index is 643. The van der Waals surface area contributed by atoms with Crippen LogP contribution in [0, 0.1) is 5.41 Å². The summed E-state index contributed by atoms with van der Waals surface area (Å²) in [6.07, 6.45) is 1.96. The quantitative estimate of drug-likeness (QED) is 0.849. The number of thiophene rings is 1. The Morgan fingerprint density at radius 1 is 1.45 bits per heavy atom. The van der Waals surface area contributed by atoms with E-state index in [0.29, 0.717) is 18.3 Å². The smallest absolute Gasteiger partial charge is 0.231 e. The van der Waals surface area contributed by atoms with Crippen LogP contribution in [0.4, 0.5) is 0 Å². The summed E-state index contributed by atoms with van der Waals surface area (Å²) in [6.45, 7) is 7.36. The van der Waals surface area contributed by atoms with Crippen LogP contribution in [0.3, 0.4) is 0 Å². The molecule has 1 amide bonds. The molecule has 0 aliphatic carbocycles. The fourth-order valence-electron chi connectivity index (χ4n) is 2.75. The molecule has 0 spiro atoms. The van der Waals surface area contributed by atoms with E-state index in [4.69, 9.17) is 4.52 Å². The number of carbonyl (C=O) groups excluding carboxylic acids is 1. The Labute approximate surface area is 134 Å². The number of likely N-dealkylation sites (tertiary alicyclic amines) is 1. The third-order valence-electron chi connectivity index (χ3n) is 3.92. The van der Waals surface area contributed by atoms with E-state index in [2.05, 4.69) is 10.1 Å². The van der Waals surface area contributed by atoms with Gasteiger partial charge >= 0.3 is 0 Å². The Kier molecular flexibility index (Phi) is 4.04. The number of nitrogens with zero attached hydrogens (tertiary/aromatic N) is 3. The molecule has 0 N–H and O–H groups in total. The molecule has 22 heavy (non-hydrogen) atoms. The highest BCUT2D eigenvalue weighted by Crippen LogP contribution is 2.30. The topological polar surface area (TPSA) is 59.2 Å². The lowest BCUT2D eigenvalue weighted by molar-refractivity contribution is -0.140. The van der Waals surface area contributed by atoms with E-state index in [1.165, 1.54) is 0 Å². The molecule has 5 nitrogen and oxygen atoms in total. The van der Waals surface area contributed by atoms with Crippen molar-refractivity contribution in [1.82, 2.24) is 15.0 Å². The van der Waals surface area contributed by atoms with Crippen LogP contribution < -0.4 is 0 Å². The largest absolute Gasteiger partial charge is 0.341 e. The van der Waals surface area contributed by atoms with Gasteiger partial charge in [0.2, 0.25) is 17.6 Å². The van der Waals surface area contributed by atoms with Crippen molar-refractivity contribution >= 4 is 17.2 Å². The first-order valence-electron chi connectivity index (χ1n) is 7.60. The lowest BCUT2D eigenvalue weighted by Crippen LogP contribution is -2.44. The Balaban J connectivity index is 1.74. The van der Waals surface area contributed by atoms with Gasteiger partial charge in [-0.3, -0.25) is 4.79 Å². The van der Waals surface area contributed by atoms with E-state index in [9.17, 15) is 4.79 Å². The highest BCUT2D eigenvalue weighted by molar-refractivity contribution is 7.08. The van der Waals surface area contributed by atoms with Gasteiger partial charge in [-0.05, 0) is 24.3 Å². The summed E-state index contributed by atoms with van der Waals surface area (Å²) in [5.41, 5.74) is 0.636. The fraction of sp³-hybridized carbons (Fsp3) is 0.562. The molecule has 1 saturated heterocycles. The van der Waals surface area contributed by atoms with Crippen LogP contribution in [0.5, 0.6) is 0 Å². The average molecular weight is 319 g/mol. The van der Waals surface area contributed by atoms with Crippen LogP contribution in [0.25, 0.3) is 11.4 Å². The molecule has 6 heteroatoms. The van der Waals surface area contributed by atoms with Gasteiger partial charge in [-0.25, -0.2) is 0 Å². The maximum absolute atomic E-state index is 12.4. The maximum Gasteiger partial charge on any atom is 0.231 e. The third kappa shape index (κ3) is 3.06. The minimum absolute atomic E-state index is 0.139. The standard InChI is InChI=1S/C16H21N3O2S/c1-16(2,3)15(20)19-7-4-5-11(9-19)14-17-13(18-21-14)12-6-8-22-10-12/h6,8,10-11H,4-5,7,9H2,1-3H3. The van der Waals surface area contributed by atoms with E-state index in [0.717, 1.165) is 24.9 Å². The second-order valence-electron chi connectivity index (χ2n) is 6.81. The molecule has 1 fully saturated rings. The first-order valence-corrected chi connectivity index (χ1v) is 8.55. The minimum Gasteiger partial charge on any atom is -0.341 e. The Hall–Kier alpha value is -1.69. The second-order valence-corrected chi connectivity index (χ2v) is 7.59. The molecule has 1 unspecified atom stereocenters.